The number of aromatic hydroxyl groups is 1. The molecule has 118 valence electrons. The van der Waals surface area contributed by atoms with Gasteiger partial charge in [0, 0.05) is 5.56 Å². The Morgan fingerprint density at radius 2 is 1.78 bits per heavy atom. The molecule has 3 N–H and O–H groups in total. The molecule has 0 aliphatic rings. The van der Waals surface area contributed by atoms with E-state index in [1.807, 2.05) is 30.3 Å². The van der Waals surface area contributed by atoms with Gasteiger partial charge in [-0.15, -0.1) is 0 Å². The van der Waals surface area contributed by atoms with Gasteiger partial charge < -0.3 is 9.63 Å². The van der Waals surface area contributed by atoms with E-state index in [2.05, 4.69) is 5.16 Å². The van der Waals surface area contributed by atoms with Crippen molar-refractivity contribution in [3.05, 3.63) is 54.3 Å². The van der Waals surface area contributed by atoms with Gasteiger partial charge in [0.05, 0.1) is 5.56 Å². The lowest BCUT2D eigenvalue weighted by Gasteiger charge is -2.07. The van der Waals surface area contributed by atoms with Crippen molar-refractivity contribution in [3.63, 3.8) is 0 Å². The van der Waals surface area contributed by atoms with Crippen LogP contribution in [0, 0.1) is 6.92 Å². The second-order valence-corrected chi connectivity index (χ2v) is 6.59. The molecule has 3 rings (SSSR count). The summed E-state index contributed by atoms with van der Waals surface area (Å²) in [6.07, 6.45) is 0. The van der Waals surface area contributed by atoms with Crippen LogP contribution < -0.4 is 5.14 Å². The van der Waals surface area contributed by atoms with Gasteiger partial charge in [0.2, 0.25) is 10.0 Å². The summed E-state index contributed by atoms with van der Waals surface area (Å²) in [5, 5.41) is 19.1. The Kier molecular flexibility index (Phi) is 3.67. The summed E-state index contributed by atoms with van der Waals surface area (Å²) in [4.78, 5) is -0.323. The van der Waals surface area contributed by atoms with Crippen molar-refractivity contribution in [2.45, 2.75) is 11.8 Å². The number of sulfonamides is 1. The number of nitrogens with two attached hydrogens (primary N) is 1. The lowest BCUT2D eigenvalue weighted by molar-refractivity contribution is 0.400. The summed E-state index contributed by atoms with van der Waals surface area (Å²) in [5.74, 6) is 0.149. The monoisotopic (exact) mass is 330 g/mol. The summed E-state index contributed by atoms with van der Waals surface area (Å²) in [7, 11) is -3.98. The van der Waals surface area contributed by atoms with Gasteiger partial charge in [0.1, 0.15) is 22.1 Å². The maximum Gasteiger partial charge on any atom is 0.241 e. The summed E-state index contributed by atoms with van der Waals surface area (Å²) in [6.45, 7) is 1.75. The second-order valence-electron chi connectivity index (χ2n) is 5.06. The molecule has 0 aliphatic heterocycles. The van der Waals surface area contributed by atoms with Gasteiger partial charge in [0.25, 0.3) is 0 Å². The van der Waals surface area contributed by atoms with Crippen LogP contribution in [0.25, 0.3) is 22.4 Å². The largest absolute Gasteiger partial charge is 0.507 e. The van der Waals surface area contributed by atoms with Gasteiger partial charge in [-0.2, -0.15) is 0 Å². The molecular formula is C16H14N2O4S. The number of benzene rings is 2. The molecule has 7 heteroatoms. The Balaban J connectivity index is 2.17. The predicted octanol–water partition coefficient (Wildman–Crippen LogP) is 2.67. The summed E-state index contributed by atoms with van der Waals surface area (Å²) >= 11 is 0. The molecule has 0 unspecified atom stereocenters. The van der Waals surface area contributed by atoms with Crippen LogP contribution in [-0.4, -0.2) is 18.7 Å². The first kappa shape index (κ1) is 15.3. The molecule has 1 heterocycles. The van der Waals surface area contributed by atoms with Crippen molar-refractivity contribution in [2.24, 2.45) is 5.14 Å². The molecule has 0 fully saturated rings. The summed E-state index contributed by atoms with van der Waals surface area (Å²) in [5.41, 5.74) is 2.75. The highest BCUT2D eigenvalue weighted by Crippen LogP contribution is 2.36. The quantitative estimate of drug-likeness (QED) is 0.768. The normalized spacial score (nSPS) is 11.6. The van der Waals surface area contributed by atoms with Crippen molar-refractivity contribution < 1.29 is 18.0 Å². The number of phenols is 1. The second kappa shape index (κ2) is 5.53. The lowest BCUT2D eigenvalue weighted by atomic mass is 9.99. The fourth-order valence-electron chi connectivity index (χ4n) is 2.42. The Hall–Kier alpha value is -2.64. The van der Waals surface area contributed by atoms with E-state index in [1.165, 1.54) is 12.1 Å². The highest BCUT2D eigenvalue weighted by molar-refractivity contribution is 7.89. The van der Waals surface area contributed by atoms with Gasteiger partial charge in [-0.25, -0.2) is 13.6 Å². The van der Waals surface area contributed by atoms with Gasteiger partial charge in [-0.1, -0.05) is 41.6 Å². The molecule has 0 aliphatic carbocycles. The van der Waals surface area contributed by atoms with Gasteiger partial charge >= 0.3 is 0 Å². The number of aromatic nitrogens is 1. The number of nitrogens with zero attached hydrogens (tertiary/aromatic N) is 1. The fourth-order valence-corrected chi connectivity index (χ4v) is 3.03. The van der Waals surface area contributed by atoms with Crippen LogP contribution in [-0.2, 0) is 10.0 Å². The third-order valence-corrected chi connectivity index (χ3v) is 4.42. The number of hydrogen-bond acceptors (Lipinski definition) is 5. The molecule has 0 amide bonds. The zero-order chi connectivity index (χ0) is 16.6. The standard InChI is InChI=1S/C16H14N2O4S/c1-10-15(16(18-22-10)11-5-3-2-4-6-11)12-7-8-14(13(19)9-12)23(17,20)21/h2-9,19H,1H3,(H2,17,20,21). The van der Waals surface area contributed by atoms with Crippen molar-refractivity contribution >= 4 is 10.0 Å². The number of hydrogen-bond donors (Lipinski definition) is 2. The zero-order valence-corrected chi connectivity index (χ0v) is 13.0. The first-order chi connectivity index (χ1) is 10.9. The summed E-state index contributed by atoms with van der Waals surface area (Å²) < 4.78 is 28.1. The fraction of sp³-hybridized carbons (Fsp3) is 0.0625. The minimum Gasteiger partial charge on any atom is -0.507 e. The first-order valence-electron chi connectivity index (χ1n) is 6.76. The van der Waals surface area contributed by atoms with Crippen LogP contribution in [0.3, 0.4) is 0 Å². The van der Waals surface area contributed by atoms with Crippen LogP contribution in [0.15, 0.2) is 57.9 Å². The minimum absolute atomic E-state index is 0.323. The van der Waals surface area contributed by atoms with Crippen molar-refractivity contribution in [1.82, 2.24) is 5.16 Å². The SMILES string of the molecule is Cc1onc(-c2ccccc2)c1-c1ccc(S(N)(=O)=O)c(O)c1. The number of aryl methyl sites for hydroxylation is 1. The molecule has 0 atom stereocenters. The molecule has 0 saturated heterocycles. The number of primary sulfonamides is 1. The van der Waals surface area contributed by atoms with Crippen LogP contribution in [0.5, 0.6) is 5.75 Å². The Labute approximate surface area is 133 Å². The number of rotatable bonds is 3. The summed E-state index contributed by atoms with van der Waals surface area (Å²) in [6, 6.07) is 13.6. The third-order valence-electron chi connectivity index (χ3n) is 3.46. The van der Waals surface area contributed by atoms with Gasteiger partial charge in [-0.3, -0.25) is 0 Å². The molecule has 0 radical (unpaired) electrons. The van der Waals surface area contributed by atoms with Crippen LogP contribution in [0.2, 0.25) is 0 Å². The van der Waals surface area contributed by atoms with E-state index in [1.54, 1.807) is 13.0 Å². The predicted molar refractivity (Wildman–Crippen MR) is 85.2 cm³/mol. The van der Waals surface area contributed by atoms with Gasteiger partial charge in [0.15, 0.2) is 0 Å². The zero-order valence-electron chi connectivity index (χ0n) is 12.2. The van der Waals surface area contributed by atoms with E-state index in [0.29, 0.717) is 22.6 Å². The maximum absolute atomic E-state index is 11.4. The van der Waals surface area contributed by atoms with Crippen molar-refractivity contribution in [1.29, 1.82) is 0 Å². The average Bonchev–Trinajstić information content (AvgIpc) is 2.88. The third kappa shape index (κ3) is 2.84. The highest BCUT2D eigenvalue weighted by atomic mass is 32.2. The Morgan fingerprint density at radius 1 is 1.09 bits per heavy atom. The Morgan fingerprint density at radius 3 is 2.39 bits per heavy atom. The van der Waals surface area contributed by atoms with E-state index < -0.39 is 15.8 Å². The molecule has 23 heavy (non-hydrogen) atoms. The van der Waals surface area contributed by atoms with E-state index in [4.69, 9.17) is 9.66 Å². The molecule has 2 aromatic carbocycles. The van der Waals surface area contributed by atoms with Gasteiger partial charge in [-0.05, 0) is 24.6 Å². The molecule has 0 bridgehead atoms. The lowest BCUT2D eigenvalue weighted by Crippen LogP contribution is -2.12. The van der Waals surface area contributed by atoms with E-state index in [0.717, 1.165) is 5.56 Å². The van der Waals surface area contributed by atoms with E-state index >= 15 is 0 Å². The maximum atomic E-state index is 11.4. The van der Waals surface area contributed by atoms with Crippen molar-refractivity contribution in [2.75, 3.05) is 0 Å². The molecule has 0 saturated carbocycles. The molecule has 6 nitrogen and oxygen atoms in total. The van der Waals surface area contributed by atoms with Crippen LogP contribution in [0.4, 0.5) is 0 Å². The van der Waals surface area contributed by atoms with Crippen molar-refractivity contribution in [3.8, 4) is 28.1 Å². The van der Waals surface area contributed by atoms with Crippen LogP contribution >= 0.6 is 0 Å². The van der Waals surface area contributed by atoms with E-state index in [-0.39, 0.29) is 4.90 Å². The Bertz CT molecular complexity index is 963. The molecule has 0 spiro atoms. The first-order valence-corrected chi connectivity index (χ1v) is 8.30. The molecule has 3 aromatic rings. The number of phenolic OH excluding ortho intramolecular Hbond substituents is 1. The smallest absolute Gasteiger partial charge is 0.241 e. The molecular weight excluding hydrogens is 316 g/mol. The molecule has 1 aromatic heterocycles. The minimum atomic E-state index is -3.98. The average molecular weight is 330 g/mol. The van der Waals surface area contributed by atoms with E-state index in [9.17, 15) is 13.5 Å². The highest BCUT2D eigenvalue weighted by Gasteiger charge is 2.20. The topological polar surface area (TPSA) is 106 Å². The van der Waals surface area contributed by atoms with Crippen LogP contribution in [0.1, 0.15) is 5.76 Å².